The highest BCUT2D eigenvalue weighted by atomic mass is 31.2. The number of fused-ring (bicyclic) bond motifs is 1. The second-order valence-corrected chi connectivity index (χ2v) is 11.1. The zero-order valence-corrected chi connectivity index (χ0v) is 23.2. The lowest BCUT2D eigenvalue weighted by Gasteiger charge is -2.24. The van der Waals surface area contributed by atoms with E-state index in [2.05, 4.69) is 27.0 Å². The molecule has 0 bridgehead atoms. The number of anilines is 1. The minimum absolute atomic E-state index is 0.0531. The topological polar surface area (TPSA) is 173 Å². The molecule has 1 fully saturated rings. The maximum atomic E-state index is 13.8. The Kier molecular flexibility index (Phi) is 10.0. The van der Waals surface area contributed by atoms with Crippen LogP contribution in [0.4, 0.5) is 10.2 Å². The largest absolute Gasteiger partial charge is 0.465 e. The molecular weight excluding hydrogens is 546 g/mol. The Morgan fingerprint density at radius 1 is 1.30 bits per heavy atom. The number of nitrogens with two attached hydrogens (primary N) is 1. The minimum atomic E-state index is -4.12. The molecule has 1 aliphatic heterocycles. The van der Waals surface area contributed by atoms with Gasteiger partial charge in [-0.1, -0.05) is 44.4 Å². The summed E-state index contributed by atoms with van der Waals surface area (Å²) in [5.74, 6) is -0.481. The summed E-state index contributed by atoms with van der Waals surface area (Å²) in [7, 11) is -4.12. The highest BCUT2D eigenvalue weighted by Crippen LogP contribution is 2.46. The van der Waals surface area contributed by atoms with Gasteiger partial charge in [0.1, 0.15) is 17.9 Å². The Hall–Kier alpha value is -3.16. The number of para-hydroxylation sites is 1. The van der Waals surface area contributed by atoms with Gasteiger partial charge in [-0.25, -0.2) is 9.55 Å². The first kappa shape index (κ1) is 29.8. The normalized spacial score (nSPS) is 21.2. The molecule has 0 saturated carbocycles. The van der Waals surface area contributed by atoms with Gasteiger partial charge in [0.25, 0.3) is 0 Å². The zero-order valence-electron chi connectivity index (χ0n) is 22.3. The Morgan fingerprint density at radius 2 is 2.08 bits per heavy atom. The van der Waals surface area contributed by atoms with Crippen LogP contribution in [0.25, 0.3) is 11.2 Å². The summed E-state index contributed by atoms with van der Waals surface area (Å²) in [6.45, 7) is 3.59. The van der Waals surface area contributed by atoms with Crippen molar-refractivity contribution in [3.8, 4) is 5.75 Å². The number of carbonyl (C=O) groups is 1. The second-order valence-electron chi connectivity index (χ2n) is 9.43. The number of carbonyl (C=O) groups excluding carboxylic acids is 1. The number of unbranched alkanes of at least 4 members (excludes halogenated alkanes) is 3. The Bertz CT molecular complexity index is 1330. The predicted octanol–water partition coefficient (Wildman–Crippen LogP) is 3.50. The van der Waals surface area contributed by atoms with Gasteiger partial charge in [0.05, 0.1) is 25.6 Å². The van der Waals surface area contributed by atoms with Crippen molar-refractivity contribution in [1.29, 1.82) is 0 Å². The molecule has 1 aliphatic rings. The van der Waals surface area contributed by atoms with E-state index < -0.39 is 44.3 Å². The summed E-state index contributed by atoms with van der Waals surface area (Å²) in [5, 5.41) is 13.3. The molecule has 0 amide bonds. The number of imidazole rings is 1. The van der Waals surface area contributed by atoms with Crippen LogP contribution < -0.4 is 15.3 Å². The Balaban J connectivity index is 1.41. The molecule has 3 aromatic rings. The van der Waals surface area contributed by atoms with E-state index >= 15 is 0 Å². The molecule has 4 N–H and O–H groups in total. The first-order chi connectivity index (χ1) is 19.2. The number of benzene rings is 1. The molecule has 0 spiro atoms. The highest BCUT2D eigenvalue weighted by Gasteiger charge is 2.39. The molecule has 13 nitrogen and oxygen atoms in total. The van der Waals surface area contributed by atoms with Crippen LogP contribution in [-0.4, -0.2) is 62.1 Å². The van der Waals surface area contributed by atoms with Crippen LogP contribution in [0.15, 0.2) is 36.7 Å². The van der Waals surface area contributed by atoms with E-state index in [4.69, 9.17) is 24.3 Å². The zero-order chi connectivity index (χ0) is 28.7. The molecule has 0 aliphatic carbocycles. The van der Waals surface area contributed by atoms with E-state index in [9.17, 15) is 18.9 Å². The van der Waals surface area contributed by atoms with Gasteiger partial charge in [-0.05, 0) is 25.5 Å². The first-order valence-corrected chi connectivity index (χ1v) is 14.7. The fourth-order valence-electron chi connectivity index (χ4n) is 4.19. The van der Waals surface area contributed by atoms with Crippen molar-refractivity contribution in [2.45, 2.75) is 70.4 Å². The number of nitrogen functional groups attached to an aromatic ring is 1. The third kappa shape index (κ3) is 7.52. The number of ether oxygens (including phenoxy) is 2. The number of nitrogens with zero attached hydrogens (tertiary/aromatic N) is 4. The summed E-state index contributed by atoms with van der Waals surface area (Å²) < 4.78 is 51.4. The lowest BCUT2D eigenvalue weighted by molar-refractivity contribution is -0.145. The van der Waals surface area contributed by atoms with Crippen LogP contribution in [0.1, 0.15) is 52.2 Å². The maximum absolute atomic E-state index is 13.8. The summed E-state index contributed by atoms with van der Waals surface area (Å²) in [4.78, 5) is 23.8. The van der Waals surface area contributed by atoms with Crippen molar-refractivity contribution < 1.29 is 37.4 Å². The molecular formula is C25H34FN6O7P. The van der Waals surface area contributed by atoms with Crippen molar-refractivity contribution in [2.75, 3.05) is 18.9 Å². The lowest BCUT2D eigenvalue weighted by Crippen LogP contribution is -2.35. The van der Waals surface area contributed by atoms with Crippen LogP contribution in [0.5, 0.6) is 5.75 Å². The number of aliphatic hydroxyl groups is 1. The summed E-state index contributed by atoms with van der Waals surface area (Å²) in [5.41, 5.74) is 5.94. The minimum Gasteiger partial charge on any atom is -0.465 e. The summed E-state index contributed by atoms with van der Waals surface area (Å²) in [6, 6.07) is 7.35. The monoisotopic (exact) mass is 580 g/mol. The van der Waals surface area contributed by atoms with Gasteiger partial charge in [-0.2, -0.15) is 19.4 Å². The number of halogens is 1. The first-order valence-electron chi connectivity index (χ1n) is 13.1. The molecule has 40 heavy (non-hydrogen) atoms. The SMILES string of the molecule is CCCCCCOC(=O)[C@H](C)NP(=O)(OC[C@@H]1CC(O)[C@H](n2cnc3c(N)nc(F)nc32)O1)Oc1ccccc1. The quantitative estimate of drug-likeness (QED) is 0.110. The van der Waals surface area contributed by atoms with Gasteiger partial charge in [0, 0.05) is 6.42 Å². The number of esters is 1. The van der Waals surface area contributed by atoms with E-state index in [0.29, 0.717) is 0 Å². The van der Waals surface area contributed by atoms with Crippen molar-refractivity contribution >= 4 is 30.7 Å². The molecule has 3 heterocycles. The van der Waals surface area contributed by atoms with Gasteiger partial charge in [0.2, 0.25) is 0 Å². The van der Waals surface area contributed by atoms with E-state index in [1.54, 1.807) is 30.3 Å². The third-order valence-corrected chi connectivity index (χ3v) is 7.85. The van der Waals surface area contributed by atoms with Crippen LogP contribution in [-0.2, 0) is 23.4 Å². The van der Waals surface area contributed by atoms with E-state index in [1.807, 2.05) is 0 Å². The van der Waals surface area contributed by atoms with Gasteiger partial charge < -0.3 is 24.8 Å². The van der Waals surface area contributed by atoms with E-state index in [-0.39, 0.29) is 42.4 Å². The predicted molar refractivity (Wildman–Crippen MR) is 143 cm³/mol. The number of hydrogen-bond donors (Lipinski definition) is 3. The maximum Gasteiger partial charge on any atom is 0.459 e. The van der Waals surface area contributed by atoms with Gasteiger partial charge in [-0.15, -0.1) is 0 Å². The standard InChI is InChI=1S/C25H34FN6O7P/c1-3-4-5-9-12-36-24(34)16(2)31-40(35,39-17-10-7-6-8-11-17)37-14-18-13-19(33)23(38-18)32-15-28-20-21(27)29-25(26)30-22(20)32/h6-8,10-11,15-16,18-19,23,33H,3-5,9,12-14H2,1-2H3,(H,31,35)(H2,27,29,30)/t16-,18-,19?,23+,40?/m0/s1. The third-order valence-electron chi connectivity index (χ3n) is 6.21. The molecule has 218 valence electrons. The highest BCUT2D eigenvalue weighted by molar-refractivity contribution is 7.52. The fraction of sp³-hybridized carbons (Fsp3) is 0.520. The van der Waals surface area contributed by atoms with Crippen molar-refractivity contribution in [3.63, 3.8) is 0 Å². The van der Waals surface area contributed by atoms with Crippen LogP contribution in [0.2, 0.25) is 0 Å². The molecule has 1 aromatic carbocycles. The number of rotatable bonds is 14. The van der Waals surface area contributed by atoms with Gasteiger partial charge >= 0.3 is 19.8 Å². The smallest absolute Gasteiger partial charge is 0.459 e. The molecule has 2 aromatic heterocycles. The molecule has 2 unspecified atom stereocenters. The van der Waals surface area contributed by atoms with Crippen LogP contribution in [0, 0.1) is 6.08 Å². The number of aromatic nitrogens is 4. The van der Waals surface area contributed by atoms with Gasteiger partial charge in [0.15, 0.2) is 23.2 Å². The van der Waals surface area contributed by atoms with Crippen molar-refractivity contribution in [3.05, 3.63) is 42.7 Å². The lowest BCUT2D eigenvalue weighted by atomic mass is 10.2. The van der Waals surface area contributed by atoms with Crippen molar-refractivity contribution in [2.24, 2.45) is 0 Å². The number of hydrogen-bond acceptors (Lipinski definition) is 11. The number of nitrogens with one attached hydrogen (secondary N) is 1. The average Bonchev–Trinajstić information content (AvgIpc) is 3.50. The molecule has 5 atom stereocenters. The summed E-state index contributed by atoms with van der Waals surface area (Å²) in [6.07, 6.45) is 1.38. The van der Waals surface area contributed by atoms with Crippen LogP contribution in [0.3, 0.4) is 0 Å². The fourth-order valence-corrected chi connectivity index (χ4v) is 5.71. The summed E-state index contributed by atoms with van der Waals surface area (Å²) >= 11 is 0. The number of aliphatic hydroxyl groups excluding tert-OH is 1. The second kappa shape index (κ2) is 13.5. The van der Waals surface area contributed by atoms with Crippen LogP contribution >= 0.6 is 7.75 Å². The van der Waals surface area contributed by atoms with E-state index in [0.717, 1.165) is 25.7 Å². The molecule has 4 rings (SSSR count). The van der Waals surface area contributed by atoms with Crippen molar-refractivity contribution in [1.82, 2.24) is 24.6 Å². The average molecular weight is 581 g/mol. The van der Waals surface area contributed by atoms with E-state index in [1.165, 1.54) is 17.8 Å². The Morgan fingerprint density at radius 3 is 2.83 bits per heavy atom. The molecule has 15 heteroatoms. The molecule has 1 saturated heterocycles. The Labute approximate surface area is 230 Å². The van der Waals surface area contributed by atoms with Gasteiger partial charge in [-0.3, -0.25) is 13.9 Å². The molecule has 0 radical (unpaired) electrons.